The van der Waals surface area contributed by atoms with Gasteiger partial charge in [-0.15, -0.1) is 0 Å². The Hall–Kier alpha value is -2.37. The molecule has 0 bridgehead atoms. The fourth-order valence-electron chi connectivity index (χ4n) is 1.51. The average molecular weight is 221 g/mol. The van der Waals surface area contributed by atoms with Crippen LogP contribution in [0.1, 0.15) is 20.7 Å². The minimum absolute atomic E-state index is 0.0294. The molecule has 0 saturated carbocycles. The van der Waals surface area contributed by atoms with Crippen molar-refractivity contribution in [3.63, 3.8) is 0 Å². The fourth-order valence-corrected chi connectivity index (χ4v) is 1.51. The Kier molecular flexibility index (Phi) is 2.12. The summed E-state index contributed by atoms with van der Waals surface area (Å²) in [4.78, 5) is 33.4. The molecule has 0 spiro atoms. The molecular formula is C10H7NO5. The molecule has 0 atom stereocenters. The number of hydrogen-bond acceptors (Lipinski definition) is 4. The van der Waals surface area contributed by atoms with Crippen LogP contribution in [-0.2, 0) is 4.79 Å². The lowest BCUT2D eigenvalue weighted by molar-refractivity contribution is -0.112. The number of benzene rings is 1. The van der Waals surface area contributed by atoms with Gasteiger partial charge in [0.2, 0.25) is 0 Å². The molecule has 2 N–H and O–H groups in total. The standard InChI is InChI=1S/C10H7NO5/c1-16-4-2-5-7(6(3-4)10(14)15)11-9(13)8(5)12/h2-3H,1H3,(H,14,15)(H,11,12,13). The fraction of sp³-hybridized carbons (Fsp3) is 0.100. The van der Waals surface area contributed by atoms with Crippen molar-refractivity contribution in [1.29, 1.82) is 0 Å². The van der Waals surface area contributed by atoms with Crippen LogP contribution in [-0.4, -0.2) is 29.9 Å². The zero-order valence-corrected chi connectivity index (χ0v) is 8.23. The summed E-state index contributed by atoms with van der Waals surface area (Å²) in [6.45, 7) is 0. The van der Waals surface area contributed by atoms with Crippen molar-refractivity contribution in [2.45, 2.75) is 0 Å². The predicted molar refractivity (Wildman–Crippen MR) is 52.9 cm³/mol. The normalized spacial score (nSPS) is 13.3. The number of ketones is 1. The second kappa shape index (κ2) is 3.34. The highest BCUT2D eigenvalue weighted by Crippen LogP contribution is 2.31. The van der Waals surface area contributed by atoms with Crippen LogP contribution in [0.3, 0.4) is 0 Å². The number of aromatic carboxylic acids is 1. The van der Waals surface area contributed by atoms with E-state index in [0.717, 1.165) is 0 Å². The number of anilines is 1. The van der Waals surface area contributed by atoms with Gasteiger partial charge in [-0.2, -0.15) is 0 Å². The van der Waals surface area contributed by atoms with Crippen LogP contribution in [0.25, 0.3) is 0 Å². The van der Waals surface area contributed by atoms with Crippen molar-refractivity contribution in [1.82, 2.24) is 0 Å². The summed E-state index contributed by atoms with van der Waals surface area (Å²) in [6, 6.07) is 2.59. The largest absolute Gasteiger partial charge is 0.497 e. The molecule has 6 heteroatoms. The minimum atomic E-state index is -1.23. The highest BCUT2D eigenvalue weighted by molar-refractivity contribution is 6.52. The Labute approximate surface area is 89.8 Å². The van der Waals surface area contributed by atoms with Crippen LogP contribution < -0.4 is 10.1 Å². The number of carbonyl (C=O) groups is 3. The van der Waals surface area contributed by atoms with Crippen molar-refractivity contribution >= 4 is 23.3 Å². The van der Waals surface area contributed by atoms with Gasteiger partial charge in [-0.25, -0.2) is 4.79 Å². The second-order valence-electron chi connectivity index (χ2n) is 3.19. The first-order chi connectivity index (χ1) is 7.54. The molecule has 0 saturated heterocycles. The maximum absolute atomic E-state index is 11.4. The van der Waals surface area contributed by atoms with Crippen LogP contribution >= 0.6 is 0 Å². The maximum Gasteiger partial charge on any atom is 0.337 e. The molecule has 0 unspecified atom stereocenters. The van der Waals surface area contributed by atoms with Gasteiger partial charge in [0.15, 0.2) is 0 Å². The topological polar surface area (TPSA) is 92.7 Å². The van der Waals surface area contributed by atoms with Gasteiger partial charge in [-0.3, -0.25) is 9.59 Å². The lowest BCUT2D eigenvalue weighted by atomic mass is 10.1. The molecule has 1 aliphatic rings. The Morgan fingerprint density at radius 3 is 2.62 bits per heavy atom. The number of carboxylic acid groups (broad SMARTS) is 1. The molecule has 2 rings (SSSR count). The van der Waals surface area contributed by atoms with E-state index in [9.17, 15) is 14.4 Å². The van der Waals surface area contributed by atoms with Gasteiger partial charge in [0.25, 0.3) is 11.7 Å². The van der Waals surface area contributed by atoms with Crippen molar-refractivity contribution in [3.05, 3.63) is 23.3 Å². The monoisotopic (exact) mass is 221 g/mol. The van der Waals surface area contributed by atoms with E-state index in [1.54, 1.807) is 0 Å². The van der Waals surface area contributed by atoms with Gasteiger partial charge in [-0.05, 0) is 12.1 Å². The van der Waals surface area contributed by atoms with E-state index in [4.69, 9.17) is 9.84 Å². The predicted octanol–water partition coefficient (Wildman–Crippen LogP) is 0.528. The van der Waals surface area contributed by atoms with Crippen molar-refractivity contribution in [3.8, 4) is 5.75 Å². The highest BCUT2D eigenvalue weighted by Gasteiger charge is 2.32. The molecule has 1 heterocycles. The number of hydrogen-bond donors (Lipinski definition) is 2. The number of Topliss-reactive ketones (excluding diaryl/α,β-unsaturated/α-hetero) is 1. The Morgan fingerprint density at radius 1 is 1.38 bits per heavy atom. The average Bonchev–Trinajstić information content (AvgIpc) is 2.54. The van der Waals surface area contributed by atoms with E-state index < -0.39 is 17.7 Å². The Balaban J connectivity index is 2.70. The number of ether oxygens (including phenoxy) is 1. The zero-order valence-electron chi connectivity index (χ0n) is 8.23. The Bertz CT molecular complexity index is 520. The third-order valence-electron chi connectivity index (χ3n) is 2.27. The summed E-state index contributed by atoms with van der Waals surface area (Å²) in [6.07, 6.45) is 0. The van der Waals surface area contributed by atoms with E-state index in [2.05, 4.69) is 5.32 Å². The number of carboxylic acids is 1. The van der Waals surface area contributed by atoms with Crippen molar-refractivity contribution < 1.29 is 24.2 Å². The molecule has 6 nitrogen and oxygen atoms in total. The lowest BCUT2D eigenvalue weighted by Gasteiger charge is -2.06. The number of rotatable bonds is 2. The van der Waals surface area contributed by atoms with Gasteiger partial charge in [-0.1, -0.05) is 0 Å². The first kappa shape index (κ1) is 10.2. The molecule has 1 aromatic carbocycles. The van der Waals surface area contributed by atoms with E-state index in [1.165, 1.54) is 19.2 Å². The number of fused-ring (bicyclic) bond motifs is 1. The third-order valence-corrected chi connectivity index (χ3v) is 2.27. The van der Waals surface area contributed by atoms with E-state index in [-0.39, 0.29) is 22.6 Å². The number of nitrogens with one attached hydrogen (secondary N) is 1. The summed E-state index contributed by atoms with van der Waals surface area (Å²) in [5.74, 6) is -2.59. The maximum atomic E-state index is 11.4. The van der Waals surface area contributed by atoms with E-state index in [1.807, 2.05) is 0 Å². The molecule has 1 amide bonds. The van der Waals surface area contributed by atoms with Gasteiger partial charge in [0, 0.05) is 0 Å². The van der Waals surface area contributed by atoms with Crippen LogP contribution in [0.15, 0.2) is 12.1 Å². The Morgan fingerprint density at radius 2 is 2.06 bits per heavy atom. The van der Waals surface area contributed by atoms with Crippen LogP contribution in [0.4, 0.5) is 5.69 Å². The molecule has 0 fully saturated rings. The summed E-state index contributed by atoms with van der Waals surface area (Å²) < 4.78 is 4.86. The lowest BCUT2D eigenvalue weighted by Crippen LogP contribution is -2.12. The molecule has 1 aliphatic heterocycles. The molecule has 82 valence electrons. The smallest absolute Gasteiger partial charge is 0.337 e. The zero-order chi connectivity index (χ0) is 11.9. The summed E-state index contributed by atoms with van der Waals surface area (Å²) in [7, 11) is 1.35. The first-order valence-corrected chi connectivity index (χ1v) is 4.35. The minimum Gasteiger partial charge on any atom is -0.497 e. The molecule has 0 aliphatic carbocycles. The van der Waals surface area contributed by atoms with Crippen molar-refractivity contribution in [2.24, 2.45) is 0 Å². The molecule has 16 heavy (non-hydrogen) atoms. The SMILES string of the molecule is COc1cc(C(=O)O)c2c(c1)C(=O)C(=O)N2. The highest BCUT2D eigenvalue weighted by atomic mass is 16.5. The van der Waals surface area contributed by atoms with Gasteiger partial charge < -0.3 is 15.2 Å². The van der Waals surface area contributed by atoms with Gasteiger partial charge in [0.1, 0.15) is 5.75 Å². The molecule has 1 aromatic rings. The van der Waals surface area contributed by atoms with E-state index in [0.29, 0.717) is 0 Å². The number of methoxy groups -OCH3 is 1. The van der Waals surface area contributed by atoms with Crippen LogP contribution in [0, 0.1) is 0 Å². The second-order valence-corrected chi connectivity index (χ2v) is 3.19. The van der Waals surface area contributed by atoms with E-state index >= 15 is 0 Å². The quantitative estimate of drug-likeness (QED) is 0.710. The van der Waals surface area contributed by atoms with Crippen molar-refractivity contribution in [2.75, 3.05) is 12.4 Å². The summed E-state index contributed by atoms with van der Waals surface area (Å²) in [5.41, 5.74) is -0.0985. The third kappa shape index (κ3) is 1.31. The summed E-state index contributed by atoms with van der Waals surface area (Å²) in [5, 5.41) is 11.1. The number of carbonyl (C=O) groups excluding carboxylic acids is 2. The number of amides is 1. The molecule has 0 radical (unpaired) electrons. The molecule has 0 aromatic heterocycles. The van der Waals surface area contributed by atoms with Gasteiger partial charge in [0.05, 0.1) is 23.9 Å². The van der Waals surface area contributed by atoms with Crippen LogP contribution in [0.5, 0.6) is 5.75 Å². The van der Waals surface area contributed by atoms with Gasteiger partial charge >= 0.3 is 5.97 Å². The molecular weight excluding hydrogens is 214 g/mol. The van der Waals surface area contributed by atoms with Crippen LogP contribution in [0.2, 0.25) is 0 Å². The first-order valence-electron chi connectivity index (χ1n) is 4.35. The summed E-state index contributed by atoms with van der Waals surface area (Å²) >= 11 is 0.